The number of carbonyl (C=O) groups excluding carboxylic acids is 2. The summed E-state index contributed by atoms with van der Waals surface area (Å²) in [5, 5.41) is 14.5. The summed E-state index contributed by atoms with van der Waals surface area (Å²) in [5.41, 5.74) is 1.25. The first-order valence-electron chi connectivity index (χ1n) is 12.6. The molecule has 1 saturated heterocycles. The molecular formula is C26H38N4O3S. The number of aryl methyl sites for hydroxylation is 1. The van der Waals surface area contributed by atoms with E-state index in [4.69, 9.17) is 10.00 Å². The number of benzene rings is 1. The highest BCUT2D eigenvalue weighted by Crippen LogP contribution is 2.34. The molecule has 1 heterocycles. The third-order valence-corrected chi connectivity index (χ3v) is 7.90. The van der Waals surface area contributed by atoms with Crippen molar-refractivity contribution in [1.29, 1.82) is 5.26 Å². The Morgan fingerprint density at radius 3 is 2.65 bits per heavy atom. The van der Waals surface area contributed by atoms with Crippen LogP contribution >= 0.6 is 11.8 Å². The molecular weight excluding hydrogens is 448 g/mol. The highest BCUT2D eigenvalue weighted by molar-refractivity contribution is 7.99. The maximum absolute atomic E-state index is 12.4. The van der Waals surface area contributed by atoms with Crippen LogP contribution in [0.25, 0.3) is 0 Å². The fourth-order valence-corrected chi connectivity index (χ4v) is 5.82. The van der Waals surface area contributed by atoms with Gasteiger partial charge in [0.1, 0.15) is 6.54 Å². The van der Waals surface area contributed by atoms with E-state index in [0.717, 1.165) is 70.7 Å². The Morgan fingerprint density at radius 2 is 1.88 bits per heavy atom. The number of nitriles is 1. The lowest BCUT2D eigenvalue weighted by Crippen LogP contribution is -2.41. The summed E-state index contributed by atoms with van der Waals surface area (Å²) < 4.78 is 5.34. The molecule has 1 aromatic carbocycles. The lowest BCUT2D eigenvalue weighted by molar-refractivity contribution is -0.127. The molecule has 2 aliphatic rings. The molecule has 0 aromatic heterocycles. The van der Waals surface area contributed by atoms with Crippen molar-refractivity contribution in [3.05, 3.63) is 29.8 Å². The summed E-state index contributed by atoms with van der Waals surface area (Å²) in [5.74, 6) is 1.47. The van der Waals surface area contributed by atoms with Gasteiger partial charge >= 0.3 is 0 Å². The average molecular weight is 487 g/mol. The van der Waals surface area contributed by atoms with Gasteiger partial charge in [0, 0.05) is 49.2 Å². The SMILES string of the molecule is N#CCNC(=O)[C@@H]1CCCC[C@H]1CSc1ccc(CCCC(=O)NCCN2CCOCC2)cc1. The van der Waals surface area contributed by atoms with Crippen molar-refractivity contribution >= 4 is 23.6 Å². The van der Waals surface area contributed by atoms with E-state index in [1.54, 1.807) is 0 Å². The highest BCUT2D eigenvalue weighted by Gasteiger charge is 2.30. The fourth-order valence-electron chi connectivity index (χ4n) is 4.69. The lowest BCUT2D eigenvalue weighted by atomic mass is 9.80. The van der Waals surface area contributed by atoms with Gasteiger partial charge in [-0.3, -0.25) is 14.5 Å². The Hall–Kier alpha value is -2.08. The van der Waals surface area contributed by atoms with E-state index in [-0.39, 0.29) is 24.3 Å². The summed E-state index contributed by atoms with van der Waals surface area (Å²) in [6.07, 6.45) is 6.55. The third-order valence-electron chi connectivity index (χ3n) is 6.70. The van der Waals surface area contributed by atoms with E-state index < -0.39 is 0 Å². The second kappa shape index (κ2) is 15.0. The second-order valence-corrected chi connectivity index (χ2v) is 10.2. The number of hydrogen-bond donors (Lipinski definition) is 2. The highest BCUT2D eigenvalue weighted by atomic mass is 32.2. The van der Waals surface area contributed by atoms with Crippen molar-refractivity contribution in [2.75, 3.05) is 51.7 Å². The van der Waals surface area contributed by atoms with E-state index in [1.165, 1.54) is 16.9 Å². The Morgan fingerprint density at radius 1 is 1.12 bits per heavy atom. The molecule has 2 fully saturated rings. The van der Waals surface area contributed by atoms with E-state index >= 15 is 0 Å². The van der Waals surface area contributed by atoms with Crippen LogP contribution in [0.5, 0.6) is 0 Å². The molecule has 34 heavy (non-hydrogen) atoms. The molecule has 8 heteroatoms. The van der Waals surface area contributed by atoms with Gasteiger partial charge in [0.25, 0.3) is 0 Å². The van der Waals surface area contributed by atoms with Gasteiger partial charge < -0.3 is 15.4 Å². The Labute approximate surface area is 208 Å². The predicted molar refractivity (Wildman–Crippen MR) is 134 cm³/mol. The van der Waals surface area contributed by atoms with Crippen LogP contribution in [-0.2, 0) is 20.7 Å². The molecule has 2 amide bonds. The maximum Gasteiger partial charge on any atom is 0.224 e. The van der Waals surface area contributed by atoms with Gasteiger partial charge in [0.2, 0.25) is 11.8 Å². The normalized spacial score (nSPS) is 20.9. The quantitative estimate of drug-likeness (QED) is 0.348. The van der Waals surface area contributed by atoms with Crippen LogP contribution in [0.1, 0.15) is 44.1 Å². The lowest BCUT2D eigenvalue weighted by Gasteiger charge is -2.30. The Kier molecular flexibility index (Phi) is 11.7. The Balaban J connectivity index is 1.32. The van der Waals surface area contributed by atoms with Crippen LogP contribution < -0.4 is 10.6 Å². The minimum Gasteiger partial charge on any atom is -0.379 e. The molecule has 2 N–H and O–H groups in total. The first kappa shape index (κ1) is 26.5. The predicted octanol–water partition coefficient (Wildman–Crippen LogP) is 3.00. The number of ether oxygens (including phenoxy) is 1. The Bertz CT molecular complexity index is 805. The number of thioether (sulfide) groups is 1. The number of nitrogens with zero attached hydrogens (tertiary/aromatic N) is 2. The third kappa shape index (κ3) is 9.28. The molecule has 1 aliphatic carbocycles. The molecule has 0 spiro atoms. The molecule has 2 atom stereocenters. The molecule has 1 saturated carbocycles. The number of amides is 2. The van der Waals surface area contributed by atoms with E-state index in [0.29, 0.717) is 18.9 Å². The average Bonchev–Trinajstić information content (AvgIpc) is 2.87. The van der Waals surface area contributed by atoms with Gasteiger partial charge in [0.05, 0.1) is 19.3 Å². The zero-order valence-corrected chi connectivity index (χ0v) is 20.9. The molecule has 3 rings (SSSR count). The summed E-state index contributed by atoms with van der Waals surface area (Å²) in [7, 11) is 0. The van der Waals surface area contributed by atoms with Crippen molar-refractivity contribution in [1.82, 2.24) is 15.5 Å². The van der Waals surface area contributed by atoms with Crippen molar-refractivity contribution in [3.63, 3.8) is 0 Å². The number of hydrogen-bond acceptors (Lipinski definition) is 6. The van der Waals surface area contributed by atoms with Crippen molar-refractivity contribution < 1.29 is 14.3 Å². The van der Waals surface area contributed by atoms with Gasteiger partial charge in [-0.25, -0.2) is 0 Å². The smallest absolute Gasteiger partial charge is 0.224 e. The summed E-state index contributed by atoms with van der Waals surface area (Å²) in [6.45, 7) is 5.14. The first-order valence-corrected chi connectivity index (χ1v) is 13.6. The molecule has 1 aliphatic heterocycles. The van der Waals surface area contributed by atoms with Crippen LogP contribution in [0.15, 0.2) is 29.2 Å². The molecule has 0 radical (unpaired) electrons. The van der Waals surface area contributed by atoms with Crippen LogP contribution in [0, 0.1) is 23.2 Å². The second-order valence-electron chi connectivity index (χ2n) is 9.14. The maximum atomic E-state index is 12.4. The van der Waals surface area contributed by atoms with Crippen LogP contribution in [0.4, 0.5) is 0 Å². The number of rotatable bonds is 12. The minimum absolute atomic E-state index is 0.0221. The summed E-state index contributed by atoms with van der Waals surface area (Å²) >= 11 is 1.81. The number of nitrogens with one attached hydrogen (secondary N) is 2. The van der Waals surface area contributed by atoms with Gasteiger partial charge in [-0.15, -0.1) is 11.8 Å². The zero-order valence-electron chi connectivity index (χ0n) is 20.1. The molecule has 0 bridgehead atoms. The van der Waals surface area contributed by atoms with Crippen molar-refractivity contribution in [2.45, 2.75) is 49.8 Å². The fraction of sp³-hybridized carbons (Fsp3) is 0.654. The standard InChI is InChI=1S/C26H38N4O3S/c27-12-13-29-26(32)24-6-2-1-5-22(24)20-34-23-10-8-21(9-11-23)4-3-7-25(31)28-14-15-30-16-18-33-19-17-30/h8-11,22,24H,1-7,13-20H2,(H,28,31)(H,29,32)/t22-,24+/m0/s1. The molecule has 186 valence electrons. The molecule has 0 unspecified atom stereocenters. The van der Waals surface area contributed by atoms with Crippen LogP contribution in [0.2, 0.25) is 0 Å². The van der Waals surface area contributed by atoms with Gasteiger partial charge in [-0.05, 0) is 49.3 Å². The summed E-state index contributed by atoms with van der Waals surface area (Å²) in [4.78, 5) is 28.0. The molecule has 7 nitrogen and oxygen atoms in total. The van der Waals surface area contributed by atoms with Crippen LogP contribution in [-0.4, -0.2) is 68.4 Å². The minimum atomic E-state index is 0.0221. The molecule has 1 aromatic rings. The van der Waals surface area contributed by atoms with Crippen LogP contribution in [0.3, 0.4) is 0 Å². The van der Waals surface area contributed by atoms with E-state index in [1.807, 2.05) is 17.8 Å². The van der Waals surface area contributed by atoms with E-state index in [2.05, 4.69) is 39.8 Å². The first-order chi connectivity index (χ1) is 16.7. The van der Waals surface area contributed by atoms with Gasteiger partial charge in [-0.2, -0.15) is 5.26 Å². The largest absolute Gasteiger partial charge is 0.379 e. The van der Waals surface area contributed by atoms with Crippen molar-refractivity contribution in [2.24, 2.45) is 11.8 Å². The van der Waals surface area contributed by atoms with Gasteiger partial charge in [0.15, 0.2) is 0 Å². The number of morpholine rings is 1. The zero-order chi connectivity index (χ0) is 24.0. The summed E-state index contributed by atoms with van der Waals surface area (Å²) in [6, 6.07) is 10.6. The van der Waals surface area contributed by atoms with E-state index in [9.17, 15) is 9.59 Å². The topological polar surface area (TPSA) is 94.5 Å². The number of carbonyl (C=O) groups is 2. The monoisotopic (exact) mass is 486 g/mol. The van der Waals surface area contributed by atoms with Crippen molar-refractivity contribution in [3.8, 4) is 6.07 Å². The van der Waals surface area contributed by atoms with Gasteiger partial charge in [-0.1, -0.05) is 25.0 Å².